The first-order chi connectivity index (χ1) is 34.6. The van der Waals surface area contributed by atoms with E-state index in [0.717, 1.165) is 46.6 Å². The van der Waals surface area contributed by atoms with Gasteiger partial charge in [-0.05, 0) is 98.9 Å². The third kappa shape index (κ3) is 15.3. The molecule has 72 heavy (non-hydrogen) atoms. The summed E-state index contributed by atoms with van der Waals surface area (Å²) in [4.78, 5) is 82.6. The van der Waals surface area contributed by atoms with Crippen molar-refractivity contribution in [1.82, 2.24) is 20.4 Å². The maximum absolute atomic E-state index is 13.7. The molecule has 4 aromatic rings. The number of amides is 4. The van der Waals surface area contributed by atoms with Gasteiger partial charge < -0.3 is 41.4 Å². The molecule has 0 unspecified atom stereocenters. The fraction of sp³-hybridized carbons (Fsp3) is 0.483. The molecule has 0 spiro atoms. The van der Waals surface area contributed by atoms with Gasteiger partial charge in [0.2, 0.25) is 23.6 Å². The van der Waals surface area contributed by atoms with Crippen LogP contribution in [0.4, 0.5) is 0 Å². The van der Waals surface area contributed by atoms with E-state index in [0.29, 0.717) is 77.5 Å². The molecule has 2 aliphatic rings. The van der Waals surface area contributed by atoms with Crippen LogP contribution < -0.4 is 31.6 Å². The average molecular weight is 987 g/mol. The van der Waals surface area contributed by atoms with Crippen molar-refractivity contribution in [2.75, 3.05) is 40.4 Å². The topological polar surface area (TPSA) is 203 Å². The van der Waals surface area contributed by atoms with Crippen molar-refractivity contribution < 1.29 is 38.2 Å². The summed E-state index contributed by atoms with van der Waals surface area (Å²) in [5, 5.41) is 5.82. The van der Waals surface area contributed by atoms with Gasteiger partial charge in [-0.2, -0.15) is 0 Å². The van der Waals surface area contributed by atoms with Crippen molar-refractivity contribution in [2.24, 2.45) is 11.5 Å². The fourth-order valence-electron chi connectivity index (χ4n) is 10.0. The van der Waals surface area contributed by atoms with E-state index in [1.54, 1.807) is 37.9 Å². The molecule has 4 atom stereocenters. The number of rotatable bonds is 22. The summed E-state index contributed by atoms with van der Waals surface area (Å²) in [6, 6.07) is 32.8. The molecule has 0 bridgehead atoms. The molecule has 6 rings (SSSR count). The Morgan fingerprint density at radius 3 is 1.12 bits per heavy atom. The second kappa shape index (κ2) is 27.4. The number of likely N-dealkylation sites (tertiary alicyclic amines) is 2. The Balaban J connectivity index is 0.000000267. The smallest absolute Gasteiger partial charge is 0.245 e. The minimum atomic E-state index is -0.708. The number of nitrogens with two attached hydrogens (primary N) is 2. The summed E-state index contributed by atoms with van der Waals surface area (Å²) in [6.07, 6.45) is 5.96. The van der Waals surface area contributed by atoms with Gasteiger partial charge in [-0.25, -0.2) is 0 Å². The third-order valence-corrected chi connectivity index (χ3v) is 14.0. The number of nitrogens with one attached hydrogen (secondary N) is 2. The molecule has 14 heteroatoms. The Hall–Kier alpha value is -6.38. The zero-order valence-corrected chi connectivity index (χ0v) is 43.3. The monoisotopic (exact) mass is 987 g/mol. The number of hydrogen-bond donors (Lipinski definition) is 4. The number of ether oxygens (including phenoxy) is 2. The fourth-order valence-corrected chi connectivity index (χ4v) is 10.0. The van der Waals surface area contributed by atoms with Crippen molar-refractivity contribution in [3.8, 4) is 11.5 Å². The van der Waals surface area contributed by atoms with Crippen molar-refractivity contribution in [3.63, 3.8) is 0 Å². The number of methoxy groups -OCH3 is 2. The lowest BCUT2D eigenvalue weighted by atomic mass is 9.68. The molecule has 6 N–H and O–H groups in total. The van der Waals surface area contributed by atoms with Gasteiger partial charge in [-0.1, -0.05) is 98.8 Å². The summed E-state index contributed by atoms with van der Waals surface area (Å²) >= 11 is 0. The SMILES string of the molecule is CCCC(=O)C1(c2ccccc2)CCN(C(=O)[C@H](Cc2ccc(OC)cc2)NC(=O)C[C@@H](C)N)CC1.CCCC(=O)C1(c2ccccc2)CCN(C(=O)[C@H](Cc2ccc(OC)cc2)NC(=O)C[C@H](C)N)CC1. The first-order valence-electron chi connectivity index (χ1n) is 25.7. The van der Waals surface area contributed by atoms with Crippen molar-refractivity contribution >= 4 is 35.2 Å². The zero-order chi connectivity index (χ0) is 52.3. The highest BCUT2D eigenvalue weighted by Crippen LogP contribution is 2.39. The minimum absolute atomic E-state index is 0.131. The van der Waals surface area contributed by atoms with E-state index in [4.69, 9.17) is 20.9 Å². The van der Waals surface area contributed by atoms with Gasteiger partial charge in [0.15, 0.2) is 0 Å². The molecule has 4 aromatic carbocycles. The van der Waals surface area contributed by atoms with E-state index >= 15 is 0 Å². The molecule has 4 amide bonds. The highest BCUT2D eigenvalue weighted by atomic mass is 16.5. The summed E-state index contributed by atoms with van der Waals surface area (Å²) in [7, 11) is 3.21. The molecule has 0 radical (unpaired) electrons. The summed E-state index contributed by atoms with van der Waals surface area (Å²) < 4.78 is 10.5. The van der Waals surface area contributed by atoms with E-state index in [1.807, 2.05) is 123 Å². The summed E-state index contributed by atoms with van der Waals surface area (Å²) in [5.41, 5.74) is 14.4. The second-order valence-corrected chi connectivity index (χ2v) is 19.6. The normalized spacial score (nSPS) is 16.6. The van der Waals surface area contributed by atoms with Gasteiger partial charge in [0.1, 0.15) is 35.1 Å². The molecule has 0 saturated carbocycles. The van der Waals surface area contributed by atoms with E-state index in [9.17, 15) is 28.8 Å². The molecule has 2 fully saturated rings. The number of carbonyl (C=O) groups excluding carboxylic acids is 6. The lowest BCUT2D eigenvalue weighted by Crippen LogP contribution is -2.55. The standard InChI is InChI=1S/2C29H39N3O4/c2*1-4-8-26(33)29(23-9-6-5-7-10-23)15-17-32(18-16-29)28(35)25(31-27(34)19-21(2)30)20-22-11-13-24(36-3)14-12-22/h2*5-7,9-14,21,25H,4,8,15-20,30H2,1-3H3,(H,31,34)/t21-,25+;21-,25-/m10/s1. The number of Topliss-reactive ketones (excluding diaryl/α,β-unsaturated/α-hetero) is 2. The van der Waals surface area contributed by atoms with Crippen molar-refractivity contribution in [1.29, 1.82) is 0 Å². The highest BCUT2D eigenvalue weighted by Gasteiger charge is 2.45. The largest absolute Gasteiger partial charge is 0.497 e. The molecule has 2 aliphatic heterocycles. The van der Waals surface area contributed by atoms with Gasteiger partial charge >= 0.3 is 0 Å². The highest BCUT2D eigenvalue weighted by molar-refractivity contribution is 5.93. The van der Waals surface area contributed by atoms with Crippen LogP contribution in [0.3, 0.4) is 0 Å². The van der Waals surface area contributed by atoms with Gasteiger partial charge in [-0.15, -0.1) is 0 Å². The first-order valence-corrected chi connectivity index (χ1v) is 25.7. The predicted molar refractivity (Wildman–Crippen MR) is 281 cm³/mol. The first kappa shape index (κ1) is 56.5. The Morgan fingerprint density at radius 2 is 0.847 bits per heavy atom. The third-order valence-electron chi connectivity index (χ3n) is 14.0. The Kier molecular flexibility index (Phi) is 21.5. The molecule has 14 nitrogen and oxygen atoms in total. The number of nitrogens with zero attached hydrogens (tertiary/aromatic N) is 2. The van der Waals surface area contributed by atoms with E-state index in [-0.39, 0.29) is 60.1 Å². The quantitative estimate of drug-likeness (QED) is 0.0650. The van der Waals surface area contributed by atoms with Gasteiger partial charge in [0, 0.05) is 76.8 Å². The Morgan fingerprint density at radius 1 is 0.528 bits per heavy atom. The Bertz CT molecular complexity index is 2190. The van der Waals surface area contributed by atoms with Crippen LogP contribution in [0.15, 0.2) is 109 Å². The minimum Gasteiger partial charge on any atom is -0.497 e. The number of hydrogen-bond acceptors (Lipinski definition) is 10. The van der Waals surface area contributed by atoms with Crippen LogP contribution in [0.1, 0.15) is 114 Å². The number of ketones is 2. The Labute approximate surface area is 427 Å². The van der Waals surface area contributed by atoms with Gasteiger partial charge in [-0.3, -0.25) is 28.8 Å². The van der Waals surface area contributed by atoms with Gasteiger partial charge in [0.25, 0.3) is 0 Å². The van der Waals surface area contributed by atoms with Crippen LogP contribution in [0.5, 0.6) is 11.5 Å². The zero-order valence-electron chi connectivity index (χ0n) is 43.3. The van der Waals surface area contributed by atoms with E-state index in [2.05, 4.69) is 10.6 Å². The molecule has 0 aliphatic carbocycles. The lowest BCUT2D eigenvalue weighted by Gasteiger charge is -2.42. The molecule has 0 aromatic heterocycles. The molecular formula is C58H78N6O8. The number of benzene rings is 4. The van der Waals surface area contributed by atoms with Crippen LogP contribution in [0, 0.1) is 0 Å². The predicted octanol–water partition coefficient (Wildman–Crippen LogP) is 6.78. The van der Waals surface area contributed by atoms with Crippen molar-refractivity contribution in [2.45, 2.75) is 140 Å². The molecule has 2 saturated heterocycles. The lowest BCUT2D eigenvalue weighted by molar-refractivity contribution is -0.139. The van der Waals surface area contributed by atoms with Gasteiger partial charge in [0.05, 0.1) is 25.0 Å². The van der Waals surface area contributed by atoms with Crippen LogP contribution in [-0.4, -0.2) is 110 Å². The molecule has 388 valence electrons. The van der Waals surface area contributed by atoms with Crippen LogP contribution in [-0.2, 0) is 52.4 Å². The van der Waals surface area contributed by atoms with Crippen LogP contribution in [0.2, 0.25) is 0 Å². The van der Waals surface area contributed by atoms with E-state index < -0.39 is 22.9 Å². The maximum Gasteiger partial charge on any atom is 0.245 e. The van der Waals surface area contributed by atoms with Crippen molar-refractivity contribution in [3.05, 3.63) is 131 Å². The van der Waals surface area contributed by atoms with Crippen LogP contribution >= 0.6 is 0 Å². The van der Waals surface area contributed by atoms with E-state index in [1.165, 1.54) is 0 Å². The molecule has 2 heterocycles. The summed E-state index contributed by atoms with van der Waals surface area (Å²) in [6.45, 7) is 9.42. The second-order valence-electron chi connectivity index (χ2n) is 19.6. The van der Waals surface area contributed by atoms with Crippen LogP contribution in [0.25, 0.3) is 0 Å². The number of piperidine rings is 2. The average Bonchev–Trinajstić information content (AvgIpc) is 3.38. The maximum atomic E-state index is 13.7. The number of carbonyl (C=O) groups is 6. The summed E-state index contributed by atoms with van der Waals surface area (Å²) in [5.74, 6) is 1.19. The molecular weight excluding hydrogens is 909 g/mol.